The van der Waals surface area contributed by atoms with Gasteiger partial charge in [-0.1, -0.05) is 158 Å². The highest BCUT2D eigenvalue weighted by molar-refractivity contribution is 6.08. The number of benzene rings is 7. The summed E-state index contributed by atoms with van der Waals surface area (Å²) in [7, 11) is 0. The van der Waals surface area contributed by atoms with Gasteiger partial charge in [0.05, 0.1) is 39.7 Å². The minimum Gasteiger partial charge on any atom is -0.306 e. The topological polar surface area (TPSA) is 43.1 Å². The molecule has 0 fully saturated rings. The van der Waals surface area contributed by atoms with Crippen LogP contribution in [0.5, 0.6) is 0 Å². The van der Waals surface area contributed by atoms with E-state index >= 15 is 0 Å². The quantitative estimate of drug-likeness (QED) is 0.186. The maximum atomic E-state index is 5.39. The Bertz CT molecular complexity index is 2830. The number of nitrogens with zero attached hydrogens (tertiary/aromatic N) is 4. The van der Waals surface area contributed by atoms with Crippen molar-refractivity contribution in [3.05, 3.63) is 182 Å². The molecule has 0 N–H and O–H groups in total. The minimum absolute atomic E-state index is 0.705. The predicted octanol–water partition coefficient (Wildman–Crippen LogP) is 11.9. The molecule has 7 aromatic carbocycles. The van der Waals surface area contributed by atoms with E-state index in [1.807, 2.05) is 24.4 Å². The van der Waals surface area contributed by atoms with Crippen LogP contribution in [0.4, 0.5) is 0 Å². The summed E-state index contributed by atoms with van der Waals surface area (Å²) in [5.74, 6) is 0.705. The second-order valence-electron chi connectivity index (χ2n) is 12.8. The molecule has 0 amide bonds. The molecule has 0 saturated heterocycles. The molecule has 51 heavy (non-hydrogen) atoms. The molecule has 0 atom stereocenters. The summed E-state index contributed by atoms with van der Waals surface area (Å²) in [5.41, 5.74) is 13.6. The van der Waals surface area contributed by atoms with Crippen LogP contribution in [0.15, 0.2) is 182 Å². The zero-order valence-electron chi connectivity index (χ0n) is 27.6. The zero-order valence-corrected chi connectivity index (χ0v) is 27.6. The number of aromatic nitrogens is 4. The average Bonchev–Trinajstić information content (AvgIpc) is 3.56. The van der Waals surface area contributed by atoms with E-state index < -0.39 is 0 Å². The molecule has 0 aliphatic rings. The summed E-state index contributed by atoms with van der Waals surface area (Å²) in [6.45, 7) is 0. The van der Waals surface area contributed by atoms with E-state index in [1.54, 1.807) is 0 Å². The Kier molecular flexibility index (Phi) is 6.78. The van der Waals surface area contributed by atoms with Gasteiger partial charge in [0.15, 0.2) is 5.82 Å². The van der Waals surface area contributed by atoms with Crippen molar-refractivity contribution in [3.8, 4) is 56.2 Å². The van der Waals surface area contributed by atoms with Gasteiger partial charge in [-0.2, -0.15) is 0 Å². The van der Waals surface area contributed by atoms with Gasteiger partial charge >= 0.3 is 0 Å². The summed E-state index contributed by atoms with van der Waals surface area (Å²) < 4.78 is 2.34. The second-order valence-corrected chi connectivity index (χ2v) is 12.8. The number of para-hydroxylation sites is 3. The van der Waals surface area contributed by atoms with Crippen molar-refractivity contribution >= 4 is 38.2 Å². The summed E-state index contributed by atoms with van der Waals surface area (Å²) in [6.07, 6.45) is 2.01. The van der Waals surface area contributed by atoms with Crippen LogP contribution < -0.4 is 0 Å². The Morgan fingerprint density at radius 1 is 0.373 bits per heavy atom. The Morgan fingerprint density at radius 2 is 0.922 bits per heavy atom. The third-order valence-corrected chi connectivity index (χ3v) is 9.86. The highest BCUT2D eigenvalue weighted by Gasteiger charge is 2.22. The van der Waals surface area contributed by atoms with Gasteiger partial charge in [0.1, 0.15) is 0 Å². The maximum Gasteiger partial charge on any atom is 0.161 e. The molecule has 4 heteroatoms. The van der Waals surface area contributed by atoms with E-state index in [2.05, 4.69) is 162 Å². The van der Waals surface area contributed by atoms with E-state index in [9.17, 15) is 0 Å². The molecule has 0 aliphatic carbocycles. The van der Waals surface area contributed by atoms with E-state index in [-0.39, 0.29) is 0 Å². The molecule has 238 valence electrons. The molecule has 10 rings (SSSR count). The van der Waals surface area contributed by atoms with Gasteiger partial charge < -0.3 is 4.40 Å². The largest absolute Gasteiger partial charge is 0.306 e. The Morgan fingerprint density at radius 3 is 1.63 bits per heavy atom. The summed E-state index contributed by atoms with van der Waals surface area (Å²) in [5, 5.41) is 3.49. The fourth-order valence-corrected chi connectivity index (χ4v) is 7.53. The second kappa shape index (κ2) is 11.9. The van der Waals surface area contributed by atoms with Crippen LogP contribution in [0.25, 0.3) is 94.4 Å². The number of fused-ring (bicyclic) bond motifs is 6. The van der Waals surface area contributed by atoms with Gasteiger partial charge in [-0.15, -0.1) is 0 Å². The lowest BCUT2D eigenvalue weighted by atomic mass is 9.92. The summed E-state index contributed by atoms with van der Waals surface area (Å²) >= 11 is 0. The molecular weight excluding hydrogens is 621 g/mol. The third-order valence-electron chi connectivity index (χ3n) is 9.86. The highest BCUT2D eigenvalue weighted by atomic mass is 14.9. The van der Waals surface area contributed by atoms with Crippen LogP contribution >= 0.6 is 0 Å². The molecule has 0 aliphatic heterocycles. The van der Waals surface area contributed by atoms with Crippen molar-refractivity contribution in [2.45, 2.75) is 0 Å². The molecule has 0 unspecified atom stereocenters. The zero-order chi connectivity index (χ0) is 33.7. The van der Waals surface area contributed by atoms with E-state index in [4.69, 9.17) is 15.0 Å². The van der Waals surface area contributed by atoms with Gasteiger partial charge in [0, 0.05) is 33.2 Å². The van der Waals surface area contributed by atoms with Crippen molar-refractivity contribution in [2.75, 3.05) is 0 Å². The minimum atomic E-state index is 0.705. The smallest absolute Gasteiger partial charge is 0.161 e. The lowest BCUT2D eigenvalue weighted by Crippen LogP contribution is -2.01. The lowest BCUT2D eigenvalue weighted by Gasteiger charge is -2.18. The molecule has 10 aromatic rings. The van der Waals surface area contributed by atoms with Crippen molar-refractivity contribution in [1.29, 1.82) is 0 Å². The lowest BCUT2D eigenvalue weighted by molar-refractivity contribution is 1.19. The average molecular weight is 651 g/mol. The summed E-state index contributed by atoms with van der Waals surface area (Å²) in [6, 6.07) is 61.6. The third kappa shape index (κ3) is 4.80. The van der Waals surface area contributed by atoms with Crippen LogP contribution in [0.1, 0.15) is 0 Å². The Labute approximate surface area is 295 Å². The molecule has 0 bridgehead atoms. The fourth-order valence-electron chi connectivity index (χ4n) is 7.53. The fraction of sp³-hybridized carbons (Fsp3) is 0. The van der Waals surface area contributed by atoms with Crippen LogP contribution in [-0.4, -0.2) is 19.4 Å². The van der Waals surface area contributed by atoms with Gasteiger partial charge in [-0.3, -0.25) is 4.98 Å². The maximum absolute atomic E-state index is 5.39. The first-order valence-corrected chi connectivity index (χ1v) is 17.2. The van der Waals surface area contributed by atoms with Crippen molar-refractivity contribution in [3.63, 3.8) is 0 Å². The van der Waals surface area contributed by atoms with Crippen molar-refractivity contribution in [1.82, 2.24) is 19.4 Å². The van der Waals surface area contributed by atoms with E-state index in [0.717, 1.165) is 72.1 Å². The number of rotatable bonds is 5. The van der Waals surface area contributed by atoms with Crippen LogP contribution in [0.3, 0.4) is 0 Å². The van der Waals surface area contributed by atoms with Crippen LogP contribution in [0, 0.1) is 0 Å². The first kappa shape index (κ1) is 29.0. The van der Waals surface area contributed by atoms with Gasteiger partial charge in [0.25, 0.3) is 0 Å². The van der Waals surface area contributed by atoms with E-state index in [1.165, 1.54) is 16.5 Å². The summed E-state index contributed by atoms with van der Waals surface area (Å²) in [4.78, 5) is 15.6. The monoisotopic (exact) mass is 650 g/mol. The standard InChI is InChI=1S/C47H30N4/c1-3-15-34(16-4-1)45-44(46(35-17-5-2-6-18-35)50-47(49-45)37-22-13-19-31-14-7-8-20-36(31)37)33-28-26-32(27-29-33)43-38-21-9-11-24-40(38)51-41-25-12-10-23-39(41)48-30-42(43)51/h1-30H. The Hall–Kier alpha value is -6.91. The molecule has 3 aromatic heterocycles. The van der Waals surface area contributed by atoms with Crippen LogP contribution in [-0.2, 0) is 0 Å². The highest BCUT2D eigenvalue weighted by Crippen LogP contribution is 2.42. The molecular formula is C47H30N4. The molecule has 0 saturated carbocycles. The first-order valence-electron chi connectivity index (χ1n) is 17.2. The normalized spacial score (nSPS) is 11.5. The van der Waals surface area contributed by atoms with Crippen molar-refractivity contribution in [2.24, 2.45) is 0 Å². The van der Waals surface area contributed by atoms with Crippen LogP contribution in [0.2, 0.25) is 0 Å². The van der Waals surface area contributed by atoms with Gasteiger partial charge in [0.2, 0.25) is 0 Å². The van der Waals surface area contributed by atoms with E-state index in [0.29, 0.717) is 5.82 Å². The number of hydrogen-bond acceptors (Lipinski definition) is 3. The molecule has 4 nitrogen and oxygen atoms in total. The SMILES string of the molecule is c1ccc(-c2nc(-c3cccc4ccccc34)nc(-c3ccccc3)c2-c2ccc(-c3c4ccccc4n4c3cnc3ccccc34)cc2)cc1. The number of hydrogen-bond donors (Lipinski definition) is 0. The van der Waals surface area contributed by atoms with Crippen molar-refractivity contribution < 1.29 is 0 Å². The molecule has 3 heterocycles. The Balaban J connectivity index is 1.22. The molecule has 0 spiro atoms. The predicted molar refractivity (Wildman–Crippen MR) is 210 cm³/mol. The van der Waals surface area contributed by atoms with Gasteiger partial charge in [-0.25, -0.2) is 9.97 Å². The van der Waals surface area contributed by atoms with Gasteiger partial charge in [-0.05, 0) is 40.1 Å². The molecule has 0 radical (unpaired) electrons. The first-order chi connectivity index (χ1) is 25.3.